The summed E-state index contributed by atoms with van der Waals surface area (Å²) in [6.45, 7) is 0. The molecule has 0 saturated heterocycles. The van der Waals surface area contributed by atoms with Gasteiger partial charge in [0.25, 0.3) is 0 Å². The number of hydrazine groups is 1. The molecule has 4 N–H and O–H groups in total. The zero-order valence-corrected chi connectivity index (χ0v) is 14.7. The quantitative estimate of drug-likeness (QED) is 0.662. The molecule has 2 unspecified atom stereocenters. The van der Waals surface area contributed by atoms with Crippen LogP contribution in [0.1, 0.15) is 42.7 Å². The molecule has 2 atom stereocenters. The summed E-state index contributed by atoms with van der Waals surface area (Å²) in [5, 5.41) is 1.70. The van der Waals surface area contributed by atoms with Gasteiger partial charge in [-0.3, -0.25) is 5.01 Å². The van der Waals surface area contributed by atoms with E-state index in [1.54, 1.807) is 11.2 Å². The van der Waals surface area contributed by atoms with Crippen LogP contribution < -0.4 is 21.5 Å². The average molecular weight is 334 g/mol. The molecule has 1 heterocycles. The first-order chi connectivity index (χ1) is 12.2. The Morgan fingerprint density at radius 1 is 1.12 bits per heavy atom. The molecule has 4 rings (SSSR count). The van der Waals surface area contributed by atoms with Gasteiger partial charge in [-0.15, -0.1) is 0 Å². The summed E-state index contributed by atoms with van der Waals surface area (Å²) in [5.74, 6) is 7.08. The van der Waals surface area contributed by atoms with Crippen molar-refractivity contribution in [1.29, 1.82) is 0 Å². The summed E-state index contributed by atoms with van der Waals surface area (Å²) in [6, 6.07) is 17.2. The molecule has 0 spiro atoms. The van der Waals surface area contributed by atoms with Gasteiger partial charge in [0.15, 0.2) is 0 Å². The Hall–Kier alpha value is -2.46. The first kappa shape index (κ1) is 16.0. The van der Waals surface area contributed by atoms with Crippen LogP contribution in [-0.2, 0) is 0 Å². The number of hydrogen-bond donors (Lipinski definition) is 2. The van der Waals surface area contributed by atoms with Crippen LogP contribution in [0.2, 0.25) is 0 Å². The molecule has 4 heteroatoms. The van der Waals surface area contributed by atoms with Crippen molar-refractivity contribution in [1.82, 2.24) is 0 Å². The summed E-state index contributed by atoms with van der Waals surface area (Å²) in [4.78, 5) is 2.46. The molecule has 0 bridgehead atoms. The van der Waals surface area contributed by atoms with E-state index in [-0.39, 0.29) is 0 Å². The van der Waals surface area contributed by atoms with Crippen LogP contribution in [0.3, 0.4) is 0 Å². The second kappa shape index (κ2) is 6.45. The normalized spacial score (nSPS) is 22.5. The molecule has 25 heavy (non-hydrogen) atoms. The molecule has 2 aromatic carbocycles. The third-order valence-corrected chi connectivity index (χ3v) is 5.78. The van der Waals surface area contributed by atoms with Gasteiger partial charge in [-0.05, 0) is 36.6 Å². The maximum atomic E-state index is 6.45. The lowest BCUT2D eigenvalue weighted by molar-refractivity contribution is 0.396. The fourth-order valence-corrected chi connectivity index (χ4v) is 4.49. The third kappa shape index (κ3) is 2.67. The minimum atomic E-state index is 0.629. The van der Waals surface area contributed by atoms with Gasteiger partial charge in [-0.1, -0.05) is 43.2 Å². The molecule has 130 valence electrons. The SMILES string of the molecule is CN1c2ccc(N(N)/C(=C\N)c3ccccc3)cc2C2CCCCC21. The molecule has 0 radical (unpaired) electrons. The molecule has 1 fully saturated rings. The van der Waals surface area contributed by atoms with Crippen molar-refractivity contribution in [3.8, 4) is 0 Å². The van der Waals surface area contributed by atoms with Crippen molar-refractivity contribution in [2.24, 2.45) is 11.6 Å². The highest BCUT2D eigenvalue weighted by Gasteiger charge is 2.38. The molecule has 2 aliphatic rings. The number of benzene rings is 2. The van der Waals surface area contributed by atoms with E-state index in [9.17, 15) is 0 Å². The van der Waals surface area contributed by atoms with Crippen LogP contribution in [0.4, 0.5) is 11.4 Å². The van der Waals surface area contributed by atoms with Crippen LogP contribution in [0.5, 0.6) is 0 Å². The summed E-state index contributed by atoms with van der Waals surface area (Å²) >= 11 is 0. The van der Waals surface area contributed by atoms with E-state index in [2.05, 4.69) is 30.1 Å². The Labute approximate surface area is 149 Å². The molecule has 1 saturated carbocycles. The highest BCUT2D eigenvalue weighted by Crippen LogP contribution is 2.48. The Morgan fingerprint density at radius 3 is 2.64 bits per heavy atom. The van der Waals surface area contributed by atoms with Gasteiger partial charge in [0.1, 0.15) is 0 Å². The number of anilines is 2. The number of rotatable bonds is 3. The molecular weight excluding hydrogens is 308 g/mol. The van der Waals surface area contributed by atoms with Crippen molar-refractivity contribution in [2.45, 2.75) is 37.6 Å². The smallest absolute Gasteiger partial charge is 0.0801 e. The summed E-state index contributed by atoms with van der Waals surface area (Å²) in [7, 11) is 2.23. The standard InChI is InChI=1S/C21H26N4/c1-24-19-10-6-5-9-17(19)18-13-16(11-12-20(18)24)25(23)21(14-22)15-7-3-2-4-8-15/h2-4,7-8,11-14,17,19H,5-6,9-10,22-23H2,1H3/b21-14-. The van der Waals surface area contributed by atoms with E-state index in [0.29, 0.717) is 12.0 Å². The van der Waals surface area contributed by atoms with E-state index in [1.807, 2.05) is 30.3 Å². The maximum absolute atomic E-state index is 6.45. The van der Waals surface area contributed by atoms with E-state index in [1.165, 1.54) is 36.9 Å². The molecule has 1 aliphatic carbocycles. The Morgan fingerprint density at radius 2 is 1.88 bits per heavy atom. The van der Waals surface area contributed by atoms with Crippen LogP contribution in [0, 0.1) is 0 Å². The van der Waals surface area contributed by atoms with Gasteiger partial charge in [-0.2, -0.15) is 0 Å². The van der Waals surface area contributed by atoms with Crippen molar-refractivity contribution < 1.29 is 0 Å². The van der Waals surface area contributed by atoms with Gasteiger partial charge in [-0.25, -0.2) is 5.84 Å². The Bertz CT molecular complexity index is 784. The minimum absolute atomic E-state index is 0.629. The molecular formula is C21H26N4. The molecule has 0 amide bonds. The summed E-state index contributed by atoms with van der Waals surface area (Å²) in [6.07, 6.45) is 6.80. The van der Waals surface area contributed by atoms with Crippen LogP contribution >= 0.6 is 0 Å². The Kier molecular flexibility index (Phi) is 4.14. The fourth-order valence-electron chi connectivity index (χ4n) is 4.49. The van der Waals surface area contributed by atoms with E-state index in [4.69, 9.17) is 11.6 Å². The monoisotopic (exact) mass is 334 g/mol. The second-order valence-electron chi connectivity index (χ2n) is 7.10. The Balaban J connectivity index is 1.68. The first-order valence-electron chi connectivity index (χ1n) is 9.09. The van der Waals surface area contributed by atoms with Crippen molar-refractivity contribution in [2.75, 3.05) is 17.0 Å². The molecule has 4 nitrogen and oxygen atoms in total. The average Bonchev–Trinajstić information content (AvgIpc) is 2.95. The highest BCUT2D eigenvalue weighted by atomic mass is 15.4. The van der Waals surface area contributed by atoms with Crippen LogP contribution in [-0.4, -0.2) is 13.1 Å². The second-order valence-corrected chi connectivity index (χ2v) is 7.10. The van der Waals surface area contributed by atoms with Gasteiger partial charge in [0.2, 0.25) is 0 Å². The summed E-state index contributed by atoms with van der Waals surface area (Å²) in [5.41, 5.74) is 11.5. The highest BCUT2D eigenvalue weighted by molar-refractivity contribution is 5.79. The zero-order valence-electron chi connectivity index (χ0n) is 14.7. The van der Waals surface area contributed by atoms with E-state index < -0.39 is 0 Å². The van der Waals surface area contributed by atoms with Crippen LogP contribution in [0.25, 0.3) is 5.70 Å². The molecule has 2 aromatic rings. The number of likely N-dealkylation sites (N-methyl/N-ethyl adjacent to an activating group) is 1. The number of nitrogens with zero attached hydrogens (tertiary/aromatic N) is 2. The first-order valence-corrected chi connectivity index (χ1v) is 9.09. The molecule has 1 aliphatic heterocycles. The zero-order chi connectivity index (χ0) is 17.4. The number of hydrogen-bond acceptors (Lipinski definition) is 4. The van der Waals surface area contributed by atoms with Crippen LogP contribution in [0.15, 0.2) is 54.7 Å². The lowest BCUT2D eigenvalue weighted by Gasteiger charge is -2.30. The van der Waals surface area contributed by atoms with E-state index in [0.717, 1.165) is 16.9 Å². The summed E-state index contributed by atoms with van der Waals surface area (Å²) < 4.78 is 0. The van der Waals surface area contributed by atoms with Gasteiger partial charge in [0, 0.05) is 36.5 Å². The van der Waals surface area contributed by atoms with Gasteiger partial charge in [0.05, 0.1) is 11.4 Å². The maximum Gasteiger partial charge on any atom is 0.0801 e. The minimum Gasteiger partial charge on any atom is -0.403 e. The fraction of sp³-hybridized carbons (Fsp3) is 0.333. The lowest BCUT2D eigenvalue weighted by atomic mass is 9.82. The van der Waals surface area contributed by atoms with Crippen molar-refractivity contribution in [3.05, 3.63) is 65.9 Å². The topological polar surface area (TPSA) is 58.5 Å². The van der Waals surface area contributed by atoms with E-state index >= 15 is 0 Å². The predicted molar refractivity (Wildman–Crippen MR) is 105 cm³/mol. The van der Waals surface area contributed by atoms with Gasteiger partial charge >= 0.3 is 0 Å². The third-order valence-electron chi connectivity index (χ3n) is 5.78. The lowest BCUT2D eigenvalue weighted by Crippen LogP contribution is -2.32. The largest absolute Gasteiger partial charge is 0.403 e. The number of fused-ring (bicyclic) bond motifs is 3. The number of nitrogens with two attached hydrogens (primary N) is 2. The predicted octanol–water partition coefficient (Wildman–Crippen LogP) is 3.80. The molecule has 0 aromatic heterocycles. The van der Waals surface area contributed by atoms with Crippen molar-refractivity contribution >= 4 is 17.1 Å². The van der Waals surface area contributed by atoms with Crippen molar-refractivity contribution in [3.63, 3.8) is 0 Å². The van der Waals surface area contributed by atoms with Gasteiger partial charge < -0.3 is 10.6 Å².